The number of likely N-dealkylation sites (N-methyl/N-ethyl adjacent to an activating group) is 1. The van der Waals surface area contributed by atoms with Crippen molar-refractivity contribution in [1.82, 2.24) is 10.2 Å². The van der Waals surface area contributed by atoms with Crippen molar-refractivity contribution in [3.8, 4) is 0 Å². The van der Waals surface area contributed by atoms with Crippen molar-refractivity contribution in [2.75, 3.05) is 20.6 Å². The van der Waals surface area contributed by atoms with Crippen LogP contribution in [0.15, 0.2) is 24.3 Å². The number of carbonyl (C=O) groups excluding carboxylic acids is 1. The summed E-state index contributed by atoms with van der Waals surface area (Å²) in [7, 11) is 3.79. The van der Waals surface area contributed by atoms with Crippen LogP contribution in [-0.4, -0.2) is 37.5 Å². The molecule has 0 spiro atoms. The van der Waals surface area contributed by atoms with Gasteiger partial charge in [-0.3, -0.25) is 4.79 Å². The van der Waals surface area contributed by atoms with Crippen LogP contribution < -0.4 is 11.1 Å². The zero-order valence-electron chi connectivity index (χ0n) is 12.4. The van der Waals surface area contributed by atoms with Gasteiger partial charge in [-0.1, -0.05) is 25.5 Å². The minimum atomic E-state index is -0.477. The zero-order valence-corrected chi connectivity index (χ0v) is 12.4. The second-order valence-corrected chi connectivity index (χ2v) is 5.17. The molecule has 20 heavy (non-hydrogen) atoms. The van der Waals surface area contributed by atoms with E-state index in [9.17, 15) is 9.18 Å². The summed E-state index contributed by atoms with van der Waals surface area (Å²) in [6, 6.07) is 5.87. The molecular formula is C15H24FN3O. The van der Waals surface area contributed by atoms with Gasteiger partial charge in [-0.25, -0.2) is 4.39 Å². The maximum Gasteiger partial charge on any atom is 0.236 e. The first-order valence-corrected chi connectivity index (χ1v) is 6.90. The summed E-state index contributed by atoms with van der Waals surface area (Å²) >= 11 is 0. The third-order valence-electron chi connectivity index (χ3n) is 3.26. The molecular weight excluding hydrogens is 257 g/mol. The van der Waals surface area contributed by atoms with E-state index in [0.717, 1.165) is 12.0 Å². The van der Waals surface area contributed by atoms with Crippen LogP contribution in [0.2, 0.25) is 0 Å². The number of amides is 1. The van der Waals surface area contributed by atoms with Crippen LogP contribution in [0, 0.1) is 5.82 Å². The molecule has 0 fully saturated rings. The van der Waals surface area contributed by atoms with Crippen LogP contribution in [0.25, 0.3) is 0 Å². The minimum Gasteiger partial charge on any atom is -0.353 e. The molecule has 0 aromatic heterocycles. The smallest absolute Gasteiger partial charge is 0.236 e. The van der Waals surface area contributed by atoms with Gasteiger partial charge in [0.05, 0.1) is 12.1 Å². The predicted molar refractivity (Wildman–Crippen MR) is 78.7 cm³/mol. The van der Waals surface area contributed by atoms with E-state index >= 15 is 0 Å². The van der Waals surface area contributed by atoms with E-state index in [1.165, 1.54) is 12.1 Å². The molecule has 4 nitrogen and oxygen atoms in total. The Morgan fingerprint density at radius 1 is 1.45 bits per heavy atom. The Balaban J connectivity index is 2.67. The second kappa shape index (κ2) is 7.97. The van der Waals surface area contributed by atoms with Crippen molar-refractivity contribution in [3.05, 3.63) is 35.6 Å². The summed E-state index contributed by atoms with van der Waals surface area (Å²) in [4.78, 5) is 13.8. The fraction of sp³-hybridized carbons (Fsp3) is 0.533. The van der Waals surface area contributed by atoms with Gasteiger partial charge in [0.15, 0.2) is 0 Å². The van der Waals surface area contributed by atoms with Crippen molar-refractivity contribution in [2.24, 2.45) is 5.73 Å². The first-order chi connectivity index (χ1) is 9.45. The second-order valence-electron chi connectivity index (χ2n) is 5.17. The van der Waals surface area contributed by atoms with E-state index < -0.39 is 6.04 Å². The monoisotopic (exact) mass is 281 g/mol. The van der Waals surface area contributed by atoms with Gasteiger partial charge in [0, 0.05) is 6.54 Å². The van der Waals surface area contributed by atoms with Gasteiger partial charge >= 0.3 is 0 Å². The summed E-state index contributed by atoms with van der Waals surface area (Å²) < 4.78 is 13.3. The molecule has 1 amide bonds. The lowest BCUT2D eigenvalue weighted by Crippen LogP contribution is -2.43. The highest BCUT2D eigenvalue weighted by molar-refractivity contribution is 5.81. The molecule has 0 aliphatic heterocycles. The lowest BCUT2D eigenvalue weighted by molar-refractivity contribution is -0.122. The summed E-state index contributed by atoms with van der Waals surface area (Å²) in [6.07, 6.45) is 1.54. The number of nitrogens with one attached hydrogen (secondary N) is 1. The molecule has 1 aromatic carbocycles. The van der Waals surface area contributed by atoms with Crippen molar-refractivity contribution in [2.45, 2.75) is 31.8 Å². The van der Waals surface area contributed by atoms with E-state index in [1.54, 1.807) is 6.07 Å². The predicted octanol–water partition coefficient (Wildman–Crippen LogP) is 1.67. The lowest BCUT2D eigenvalue weighted by atomic mass is 10.1. The third kappa shape index (κ3) is 4.90. The first-order valence-electron chi connectivity index (χ1n) is 6.90. The molecule has 112 valence electrons. The molecule has 5 heteroatoms. The van der Waals surface area contributed by atoms with Gasteiger partial charge in [-0.15, -0.1) is 0 Å². The molecule has 0 radical (unpaired) electrons. The SMILES string of the molecule is CCCC(N)C(=O)NCC(c1cccc(F)c1)N(C)C. The molecule has 2 atom stereocenters. The Bertz CT molecular complexity index is 437. The Morgan fingerprint density at radius 2 is 2.15 bits per heavy atom. The molecule has 0 aliphatic rings. The molecule has 2 unspecified atom stereocenters. The number of rotatable bonds is 7. The Labute approximate surface area is 120 Å². The largest absolute Gasteiger partial charge is 0.353 e. The van der Waals surface area contributed by atoms with Crippen molar-refractivity contribution in [1.29, 1.82) is 0 Å². The van der Waals surface area contributed by atoms with E-state index in [0.29, 0.717) is 13.0 Å². The number of benzene rings is 1. The maximum atomic E-state index is 13.3. The number of hydrogen-bond acceptors (Lipinski definition) is 3. The highest BCUT2D eigenvalue weighted by atomic mass is 19.1. The van der Waals surface area contributed by atoms with Crippen LogP contribution in [0.3, 0.4) is 0 Å². The molecule has 1 aromatic rings. The lowest BCUT2D eigenvalue weighted by Gasteiger charge is -2.25. The normalized spacial score (nSPS) is 14.1. The molecule has 0 aliphatic carbocycles. The van der Waals surface area contributed by atoms with E-state index in [1.807, 2.05) is 32.0 Å². The van der Waals surface area contributed by atoms with Gasteiger partial charge < -0.3 is 16.0 Å². The molecule has 0 saturated carbocycles. The number of carbonyl (C=O) groups is 1. The van der Waals surface area contributed by atoms with Gasteiger partial charge in [-0.2, -0.15) is 0 Å². The summed E-state index contributed by atoms with van der Waals surface area (Å²) in [5.41, 5.74) is 6.60. The van der Waals surface area contributed by atoms with Crippen molar-refractivity contribution < 1.29 is 9.18 Å². The van der Waals surface area contributed by atoms with Gasteiger partial charge in [0.25, 0.3) is 0 Å². The van der Waals surface area contributed by atoms with Crippen LogP contribution in [0.5, 0.6) is 0 Å². The standard InChI is InChI=1S/C15H24FN3O/c1-4-6-13(17)15(20)18-10-14(19(2)3)11-7-5-8-12(16)9-11/h5,7-9,13-14H,4,6,10,17H2,1-3H3,(H,18,20). The molecule has 3 N–H and O–H groups in total. The van der Waals surface area contributed by atoms with Crippen LogP contribution in [-0.2, 0) is 4.79 Å². The fourth-order valence-corrected chi connectivity index (χ4v) is 2.08. The Hall–Kier alpha value is -1.46. The molecule has 1 rings (SSSR count). The van der Waals surface area contributed by atoms with Gasteiger partial charge in [0.2, 0.25) is 5.91 Å². The van der Waals surface area contributed by atoms with Crippen molar-refractivity contribution >= 4 is 5.91 Å². The third-order valence-corrected chi connectivity index (χ3v) is 3.26. The highest BCUT2D eigenvalue weighted by Crippen LogP contribution is 2.18. The van der Waals surface area contributed by atoms with Crippen LogP contribution in [0.1, 0.15) is 31.4 Å². The van der Waals surface area contributed by atoms with Crippen LogP contribution in [0.4, 0.5) is 4.39 Å². The number of nitrogens with two attached hydrogens (primary N) is 1. The first kappa shape index (κ1) is 16.6. The molecule has 0 bridgehead atoms. The molecule has 0 saturated heterocycles. The topological polar surface area (TPSA) is 58.4 Å². The van der Waals surface area contributed by atoms with Gasteiger partial charge in [-0.05, 0) is 38.2 Å². The summed E-state index contributed by atoms with van der Waals surface area (Å²) in [6.45, 7) is 2.40. The van der Waals surface area contributed by atoms with Crippen molar-refractivity contribution in [3.63, 3.8) is 0 Å². The summed E-state index contributed by atoms with van der Waals surface area (Å²) in [5.74, 6) is -0.432. The Kier molecular flexibility index (Phi) is 6.61. The maximum absolute atomic E-state index is 13.3. The zero-order chi connectivity index (χ0) is 15.1. The van der Waals surface area contributed by atoms with E-state index in [4.69, 9.17) is 5.73 Å². The van der Waals surface area contributed by atoms with Crippen LogP contribution >= 0.6 is 0 Å². The number of halogens is 1. The quantitative estimate of drug-likeness (QED) is 0.799. The average molecular weight is 281 g/mol. The van der Waals surface area contributed by atoms with Gasteiger partial charge in [0.1, 0.15) is 5.82 Å². The average Bonchev–Trinajstić information content (AvgIpc) is 2.38. The van der Waals surface area contributed by atoms with E-state index in [2.05, 4.69) is 5.32 Å². The fourth-order valence-electron chi connectivity index (χ4n) is 2.08. The number of hydrogen-bond donors (Lipinski definition) is 2. The minimum absolute atomic E-state index is 0.0801. The number of nitrogens with zero attached hydrogens (tertiary/aromatic N) is 1. The molecule has 0 heterocycles. The van der Waals surface area contributed by atoms with E-state index in [-0.39, 0.29) is 17.8 Å². The Morgan fingerprint density at radius 3 is 2.70 bits per heavy atom. The summed E-state index contributed by atoms with van der Waals surface area (Å²) in [5, 5.41) is 2.84. The highest BCUT2D eigenvalue weighted by Gasteiger charge is 2.18.